The highest BCUT2D eigenvalue weighted by Gasteiger charge is 2.41. The van der Waals surface area contributed by atoms with Gasteiger partial charge in [0.05, 0.1) is 13.7 Å². The first-order chi connectivity index (χ1) is 18.4. The first-order valence-corrected chi connectivity index (χ1v) is 14.2. The summed E-state index contributed by atoms with van der Waals surface area (Å²) >= 11 is 0. The van der Waals surface area contributed by atoms with Gasteiger partial charge in [-0.15, -0.1) is 0 Å². The fourth-order valence-electron chi connectivity index (χ4n) is 5.48. The fraction of sp³-hybridized carbons (Fsp3) is 0.724. The number of rotatable bonds is 14. The van der Waals surface area contributed by atoms with Crippen LogP contribution >= 0.6 is 0 Å². The summed E-state index contributed by atoms with van der Waals surface area (Å²) in [4.78, 5) is 31.0. The SMILES string of the molecule is COCCCOc1cc(C(=O)N(C[C@H]2CNC[C@H]2CN(C(=O)C2CCCO2)C2CC2)C(C)C)ccc1OC. The van der Waals surface area contributed by atoms with Crippen LogP contribution in [0.25, 0.3) is 0 Å². The van der Waals surface area contributed by atoms with Crippen molar-refractivity contribution in [2.75, 3.05) is 60.2 Å². The van der Waals surface area contributed by atoms with Crippen LogP contribution in [0, 0.1) is 11.8 Å². The zero-order valence-electron chi connectivity index (χ0n) is 23.4. The van der Waals surface area contributed by atoms with Crippen LogP contribution in [0.5, 0.6) is 11.5 Å². The van der Waals surface area contributed by atoms with E-state index in [2.05, 4.69) is 24.1 Å². The van der Waals surface area contributed by atoms with Crippen LogP contribution in [0.2, 0.25) is 0 Å². The quantitative estimate of drug-likeness (QED) is 0.369. The molecule has 1 aromatic carbocycles. The molecule has 212 valence electrons. The summed E-state index contributed by atoms with van der Waals surface area (Å²) < 4.78 is 22.2. The molecule has 0 radical (unpaired) electrons. The predicted molar refractivity (Wildman–Crippen MR) is 145 cm³/mol. The number of ether oxygens (including phenoxy) is 4. The molecule has 3 atom stereocenters. The topological polar surface area (TPSA) is 89.6 Å². The van der Waals surface area contributed by atoms with Gasteiger partial charge in [0, 0.05) is 70.6 Å². The van der Waals surface area contributed by atoms with Crippen molar-refractivity contribution in [1.29, 1.82) is 0 Å². The van der Waals surface area contributed by atoms with E-state index < -0.39 is 0 Å². The third-order valence-electron chi connectivity index (χ3n) is 7.86. The third kappa shape index (κ3) is 7.18. The normalized spacial score (nSPS) is 23.0. The Morgan fingerprint density at radius 3 is 2.45 bits per heavy atom. The van der Waals surface area contributed by atoms with Gasteiger partial charge < -0.3 is 34.1 Å². The first kappa shape index (κ1) is 28.6. The van der Waals surface area contributed by atoms with Crippen LogP contribution in [0.15, 0.2) is 18.2 Å². The lowest BCUT2D eigenvalue weighted by Crippen LogP contribution is -2.47. The van der Waals surface area contributed by atoms with E-state index in [1.807, 2.05) is 4.90 Å². The second kappa shape index (κ2) is 13.6. The Labute approximate surface area is 227 Å². The average molecular weight is 532 g/mol. The van der Waals surface area contributed by atoms with Gasteiger partial charge in [0.2, 0.25) is 0 Å². The fourth-order valence-corrected chi connectivity index (χ4v) is 5.48. The lowest BCUT2D eigenvalue weighted by molar-refractivity contribution is -0.142. The number of nitrogens with one attached hydrogen (secondary N) is 1. The van der Waals surface area contributed by atoms with Crippen LogP contribution in [-0.2, 0) is 14.3 Å². The molecule has 9 heteroatoms. The van der Waals surface area contributed by atoms with Gasteiger partial charge in [0.25, 0.3) is 11.8 Å². The Morgan fingerprint density at radius 2 is 1.82 bits per heavy atom. The van der Waals surface area contributed by atoms with Crippen molar-refractivity contribution >= 4 is 11.8 Å². The Morgan fingerprint density at radius 1 is 1.05 bits per heavy atom. The number of hydrogen-bond acceptors (Lipinski definition) is 7. The van der Waals surface area contributed by atoms with Gasteiger partial charge in [-0.25, -0.2) is 0 Å². The van der Waals surface area contributed by atoms with Gasteiger partial charge in [0.1, 0.15) is 6.10 Å². The minimum absolute atomic E-state index is 0.0236. The number of carbonyl (C=O) groups excluding carboxylic acids is 2. The molecule has 3 aliphatic rings. The first-order valence-electron chi connectivity index (χ1n) is 14.2. The molecule has 1 N–H and O–H groups in total. The maximum absolute atomic E-state index is 13.7. The molecule has 1 aromatic rings. The number of nitrogens with zero attached hydrogens (tertiary/aromatic N) is 2. The van der Waals surface area contributed by atoms with Crippen LogP contribution in [0.1, 0.15) is 56.3 Å². The van der Waals surface area contributed by atoms with E-state index in [0.717, 1.165) is 51.7 Å². The smallest absolute Gasteiger partial charge is 0.254 e. The Bertz CT molecular complexity index is 931. The summed E-state index contributed by atoms with van der Waals surface area (Å²) in [5, 5.41) is 3.52. The Balaban J connectivity index is 1.43. The summed E-state index contributed by atoms with van der Waals surface area (Å²) in [7, 11) is 3.26. The largest absolute Gasteiger partial charge is 0.493 e. The summed E-state index contributed by atoms with van der Waals surface area (Å²) in [5.41, 5.74) is 0.580. The molecule has 0 spiro atoms. The van der Waals surface area contributed by atoms with Crippen molar-refractivity contribution in [3.63, 3.8) is 0 Å². The van der Waals surface area contributed by atoms with E-state index in [0.29, 0.717) is 55.4 Å². The van der Waals surface area contributed by atoms with Gasteiger partial charge in [0.15, 0.2) is 11.5 Å². The molecule has 2 amide bonds. The van der Waals surface area contributed by atoms with Crippen molar-refractivity contribution in [2.24, 2.45) is 11.8 Å². The van der Waals surface area contributed by atoms with Gasteiger partial charge >= 0.3 is 0 Å². The molecule has 3 fully saturated rings. The lowest BCUT2D eigenvalue weighted by Gasteiger charge is -2.34. The van der Waals surface area contributed by atoms with Crippen molar-refractivity contribution in [3.8, 4) is 11.5 Å². The van der Waals surface area contributed by atoms with Crippen LogP contribution in [0.4, 0.5) is 0 Å². The molecule has 0 bridgehead atoms. The highest BCUT2D eigenvalue weighted by Crippen LogP contribution is 2.33. The number of methoxy groups -OCH3 is 2. The van der Waals surface area contributed by atoms with Gasteiger partial charge in [-0.1, -0.05) is 0 Å². The number of benzene rings is 1. The van der Waals surface area contributed by atoms with E-state index in [1.165, 1.54) is 0 Å². The molecule has 2 aliphatic heterocycles. The van der Waals surface area contributed by atoms with Gasteiger partial charge in [-0.3, -0.25) is 9.59 Å². The second-order valence-corrected chi connectivity index (χ2v) is 11.0. The summed E-state index contributed by atoms with van der Waals surface area (Å²) in [5.74, 6) is 1.86. The summed E-state index contributed by atoms with van der Waals surface area (Å²) in [6, 6.07) is 5.75. The molecule has 38 heavy (non-hydrogen) atoms. The highest BCUT2D eigenvalue weighted by molar-refractivity contribution is 5.95. The molecule has 2 saturated heterocycles. The van der Waals surface area contributed by atoms with Crippen LogP contribution in [0.3, 0.4) is 0 Å². The van der Waals surface area contributed by atoms with Gasteiger partial charge in [-0.05, 0) is 69.6 Å². The summed E-state index contributed by atoms with van der Waals surface area (Å²) in [6.07, 6.45) is 4.40. The van der Waals surface area contributed by atoms with Crippen molar-refractivity contribution in [2.45, 2.75) is 64.1 Å². The lowest BCUT2D eigenvalue weighted by atomic mass is 9.93. The zero-order chi connectivity index (χ0) is 27.1. The van der Waals surface area contributed by atoms with Crippen molar-refractivity contribution in [3.05, 3.63) is 23.8 Å². The maximum atomic E-state index is 13.7. The molecular weight excluding hydrogens is 486 g/mol. The monoisotopic (exact) mass is 531 g/mol. The molecule has 1 unspecified atom stereocenters. The minimum atomic E-state index is -0.280. The molecule has 1 saturated carbocycles. The van der Waals surface area contributed by atoms with Crippen LogP contribution < -0.4 is 14.8 Å². The third-order valence-corrected chi connectivity index (χ3v) is 7.86. The molecule has 0 aromatic heterocycles. The van der Waals surface area contributed by atoms with Crippen molar-refractivity contribution < 1.29 is 28.5 Å². The summed E-state index contributed by atoms with van der Waals surface area (Å²) in [6.45, 7) is 8.93. The standard InChI is InChI=1S/C29H45N3O6/c1-20(2)31(28(33)21-8-11-25(36-4)27(15-21)38-14-6-12-35-3)18-22-16-30-17-23(22)19-32(24-9-10-24)29(34)26-7-5-13-37-26/h8,11,15,20,22-24,26,30H,5-7,9-10,12-14,16-19H2,1-4H3/t22-,23+,26?/m1/s1. The minimum Gasteiger partial charge on any atom is -0.493 e. The highest BCUT2D eigenvalue weighted by atomic mass is 16.5. The average Bonchev–Trinajstić information content (AvgIpc) is 3.41. The van der Waals surface area contributed by atoms with E-state index in [9.17, 15) is 9.59 Å². The van der Waals surface area contributed by atoms with E-state index in [1.54, 1.807) is 32.4 Å². The van der Waals surface area contributed by atoms with E-state index in [-0.39, 0.29) is 29.9 Å². The Kier molecular flexibility index (Phi) is 10.3. The molecule has 2 heterocycles. The maximum Gasteiger partial charge on any atom is 0.254 e. The van der Waals surface area contributed by atoms with Gasteiger partial charge in [-0.2, -0.15) is 0 Å². The van der Waals surface area contributed by atoms with Crippen LogP contribution in [-0.4, -0.2) is 100 Å². The molecule has 1 aliphatic carbocycles. The molecule has 9 nitrogen and oxygen atoms in total. The predicted octanol–water partition coefficient (Wildman–Crippen LogP) is 2.97. The number of carbonyl (C=O) groups is 2. The number of amides is 2. The molecule has 4 rings (SSSR count). The Hall–Kier alpha value is -2.36. The van der Waals surface area contributed by atoms with Crippen molar-refractivity contribution in [1.82, 2.24) is 15.1 Å². The second-order valence-electron chi connectivity index (χ2n) is 11.0. The molecular formula is C29H45N3O6. The zero-order valence-corrected chi connectivity index (χ0v) is 23.4. The van der Waals surface area contributed by atoms with E-state index >= 15 is 0 Å². The van der Waals surface area contributed by atoms with E-state index in [4.69, 9.17) is 18.9 Å². The number of hydrogen-bond donors (Lipinski definition) is 1.